The number of hydrogen-bond acceptors (Lipinski definition) is 4. The molecule has 0 bridgehead atoms. The van der Waals surface area contributed by atoms with Crippen molar-refractivity contribution >= 4 is 11.8 Å². The number of ether oxygens (including phenoxy) is 2. The predicted molar refractivity (Wildman–Crippen MR) is 88.8 cm³/mol. The van der Waals surface area contributed by atoms with Crippen molar-refractivity contribution in [3.05, 3.63) is 23.8 Å². The summed E-state index contributed by atoms with van der Waals surface area (Å²) in [5.74, 6) is 0.998. The van der Waals surface area contributed by atoms with Gasteiger partial charge in [0.2, 0.25) is 11.8 Å². The lowest BCUT2D eigenvalue weighted by Gasteiger charge is -2.20. The Morgan fingerprint density at radius 2 is 1.57 bits per heavy atom. The van der Waals surface area contributed by atoms with E-state index in [0.717, 1.165) is 5.56 Å². The lowest BCUT2D eigenvalue weighted by Crippen LogP contribution is -2.45. The van der Waals surface area contributed by atoms with Crippen LogP contribution in [0.5, 0.6) is 11.5 Å². The normalized spacial score (nSPS) is 10.8. The Hall–Kier alpha value is -2.24. The SMILES string of the molecule is COc1cc(CCC(=O)NCC(=O)NC(C)(C)C)cc(OC)c1. The van der Waals surface area contributed by atoms with E-state index in [2.05, 4.69) is 10.6 Å². The van der Waals surface area contributed by atoms with E-state index in [-0.39, 0.29) is 23.9 Å². The van der Waals surface area contributed by atoms with Crippen LogP contribution in [0.25, 0.3) is 0 Å². The third kappa shape index (κ3) is 7.54. The second kappa shape index (κ2) is 8.41. The van der Waals surface area contributed by atoms with E-state index in [1.807, 2.05) is 32.9 Å². The van der Waals surface area contributed by atoms with Crippen LogP contribution in [0, 0.1) is 0 Å². The molecule has 128 valence electrons. The Morgan fingerprint density at radius 3 is 2.04 bits per heavy atom. The van der Waals surface area contributed by atoms with Gasteiger partial charge in [-0.3, -0.25) is 9.59 Å². The Balaban J connectivity index is 2.46. The smallest absolute Gasteiger partial charge is 0.239 e. The van der Waals surface area contributed by atoms with Crippen LogP contribution in [0.4, 0.5) is 0 Å². The van der Waals surface area contributed by atoms with E-state index >= 15 is 0 Å². The van der Waals surface area contributed by atoms with Crippen LogP contribution in [0.1, 0.15) is 32.8 Å². The molecule has 0 unspecified atom stereocenters. The molecule has 1 aromatic carbocycles. The summed E-state index contributed by atoms with van der Waals surface area (Å²) < 4.78 is 10.4. The van der Waals surface area contributed by atoms with Gasteiger partial charge in [0.1, 0.15) is 11.5 Å². The maximum absolute atomic E-state index is 11.8. The first-order chi connectivity index (χ1) is 10.7. The van der Waals surface area contributed by atoms with Gasteiger partial charge in [-0.25, -0.2) is 0 Å². The molecule has 6 heteroatoms. The number of carbonyl (C=O) groups is 2. The number of carbonyl (C=O) groups excluding carboxylic acids is 2. The van der Waals surface area contributed by atoms with Crippen molar-refractivity contribution in [3.63, 3.8) is 0 Å². The van der Waals surface area contributed by atoms with Crippen LogP contribution < -0.4 is 20.1 Å². The summed E-state index contributed by atoms with van der Waals surface area (Å²) in [7, 11) is 3.16. The highest BCUT2D eigenvalue weighted by atomic mass is 16.5. The fourth-order valence-electron chi connectivity index (χ4n) is 2.00. The molecule has 6 nitrogen and oxygen atoms in total. The monoisotopic (exact) mass is 322 g/mol. The summed E-state index contributed by atoms with van der Waals surface area (Å²) in [5, 5.41) is 5.41. The zero-order valence-corrected chi connectivity index (χ0v) is 14.5. The molecule has 0 saturated carbocycles. The lowest BCUT2D eigenvalue weighted by atomic mass is 10.1. The van der Waals surface area contributed by atoms with Crippen LogP contribution in [0.3, 0.4) is 0 Å². The maximum atomic E-state index is 11.8. The molecule has 0 heterocycles. The lowest BCUT2D eigenvalue weighted by molar-refractivity contribution is -0.126. The molecule has 2 N–H and O–H groups in total. The topological polar surface area (TPSA) is 76.7 Å². The van der Waals surface area contributed by atoms with Gasteiger partial charge in [-0.2, -0.15) is 0 Å². The van der Waals surface area contributed by atoms with Crippen molar-refractivity contribution in [1.29, 1.82) is 0 Å². The molecular weight excluding hydrogens is 296 g/mol. The van der Waals surface area contributed by atoms with Gasteiger partial charge < -0.3 is 20.1 Å². The highest BCUT2D eigenvalue weighted by Crippen LogP contribution is 2.23. The molecule has 0 spiro atoms. The molecule has 23 heavy (non-hydrogen) atoms. The van der Waals surface area contributed by atoms with Crippen LogP contribution in [0.15, 0.2) is 18.2 Å². The van der Waals surface area contributed by atoms with Gasteiger partial charge in [0.15, 0.2) is 0 Å². The molecule has 0 aliphatic carbocycles. The van der Waals surface area contributed by atoms with Gasteiger partial charge in [-0.15, -0.1) is 0 Å². The van der Waals surface area contributed by atoms with Gasteiger partial charge >= 0.3 is 0 Å². The summed E-state index contributed by atoms with van der Waals surface area (Å²) >= 11 is 0. The summed E-state index contributed by atoms with van der Waals surface area (Å²) in [6.45, 7) is 5.66. The molecule has 0 atom stereocenters. The van der Waals surface area contributed by atoms with E-state index in [4.69, 9.17) is 9.47 Å². The molecule has 0 aromatic heterocycles. The number of benzene rings is 1. The van der Waals surface area contributed by atoms with Gasteiger partial charge in [0.25, 0.3) is 0 Å². The van der Waals surface area contributed by atoms with Crippen molar-refractivity contribution in [1.82, 2.24) is 10.6 Å². The van der Waals surface area contributed by atoms with Gasteiger partial charge in [0, 0.05) is 18.0 Å². The molecule has 0 fully saturated rings. The first-order valence-electron chi connectivity index (χ1n) is 7.53. The zero-order valence-electron chi connectivity index (χ0n) is 14.5. The number of hydrogen-bond donors (Lipinski definition) is 2. The molecule has 2 amide bonds. The third-order valence-electron chi connectivity index (χ3n) is 3.01. The summed E-state index contributed by atoms with van der Waals surface area (Å²) in [6.07, 6.45) is 0.833. The van der Waals surface area contributed by atoms with Crippen LogP contribution in [-0.2, 0) is 16.0 Å². The van der Waals surface area contributed by atoms with E-state index in [0.29, 0.717) is 24.3 Å². The Kier molecular flexibility index (Phi) is 6.88. The molecule has 1 rings (SSSR count). The Labute approximate surface area is 137 Å². The van der Waals surface area contributed by atoms with Crippen molar-refractivity contribution < 1.29 is 19.1 Å². The van der Waals surface area contributed by atoms with Crippen molar-refractivity contribution in [2.45, 2.75) is 39.2 Å². The molecular formula is C17H26N2O4. The highest BCUT2D eigenvalue weighted by molar-refractivity contribution is 5.85. The minimum atomic E-state index is -0.307. The number of aryl methyl sites for hydroxylation is 1. The van der Waals surface area contributed by atoms with Gasteiger partial charge in [-0.1, -0.05) is 0 Å². The average molecular weight is 322 g/mol. The van der Waals surface area contributed by atoms with Crippen molar-refractivity contribution in [2.75, 3.05) is 20.8 Å². The third-order valence-corrected chi connectivity index (χ3v) is 3.01. The highest BCUT2D eigenvalue weighted by Gasteiger charge is 2.14. The number of methoxy groups -OCH3 is 2. The van der Waals surface area contributed by atoms with E-state index in [1.54, 1.807) is 20.3 Å². The quantitative estimate of drug-likeness (QED) is 0.800. The Bertz CT molecular complexity index is 528. The Morgan fingerprint density at radius 1 is 1.00 bits per heavy atom. The molecule has 0 saturated heterocycles. The van der Waals surface area contributed by atoms with E-state index < -0.39 is 0 Å². The largest absolute Gasteiger partial charge is 0.497 e. The average Bonchev–Trinajstić information content (AvgIpc) is 2.48. The molecule has 0 radical (unpaired) electrons. The van der Waals surface area contributed by atoms with Gasteiger partial charge in [-0.05, 0) is 44.9 Å². The predicted octanol–water partition coefficient (Wildman–Crippen LogP) is 1.67. The van der Waals surface area contributed by atoms with Crippen molar-refractivity contribution in [2.24, 2.45) is 0 Å². The minimum Gasteiger partial charge on any atom is -0.497 e. The van der Waals surface area contributed by atoms with Crippen LogP contribution >= 0.6 is 0 Å². The van der Waals surface area contributed by atoms with Crippen LogP contribution in [0.2, 0.25) is 0 Å². The second-order valence-corrected chi connectivity index (χ2v) is 6.30. The van der Waals surface area contributed by atoms with Crippen LogP contribution in [-0.4, -0.2) is 38.1 Å². The van der Waals surface area contributed by atoms with E-state index in [1.165, 1.54) is 0 Å². The first kappa shape index (κ1) is 18.8. The van der Waals surface area contributed by atoms with Gasteiger partial charge in [0.05, 0.1) is 20.8 Å². The fraction of sp³-hybridized carbons (Fsp3) is 0.529. The minimum absolute atomic E-state index is 0.0163. The number of nitrogens with one attached hydrogen (secondary N) is 2. The summed E-state index contributed by atoms with van der Waals surface area (Å²) in [5.41, 5.74) is 0.634. The number of amides is 2. The summed E-state index contributed by atoms with van der Waals surface area (Å²) in [6, 6.07) is 5.50. The molecule has 1 aromatic rings. The van der Waals surface area contributed by atoms with Crippen molar-refractivity contribution in [3.8, 4) is 11.5 Å². The number of rotatable bonds is 7. The molecule has 0 aliphatic rings. The molecule has 0 aliphatic heterocycles. The first-order valence-corrected chi connectivity index (χ1v) is 7.53. The maximum Gasteiger partial charge on any atom is 0.239 e. The van der Waals surface area contributed by atoms with E-state index in [9.17, 15) is 9.59 Å². The standard InChI is InChI=1S/C17H26N2O4/c1-17(2,3)19-16(21)11-18-15(20)7-6-12-8-13(22-4)10-14(9-12)23-5/h8-10H,6-7,11H2,1-5H3,(H,18,20)(H,19,21). The second-order valence-electron chi connectivity index (χ2n) is 6.30. The fourth-order valence-corrected chi connectivity index (χ4v) is 2.00. The summed E-state index contributed by atoms with van der Waals surface area (Å²) in [4.78, 5) is 23.5. The zero-order chi connectivity index (χ0) is 17.5.